The maximum atomic E-state index is 13.4. The molecule has 2 heterocycles. The highest BCUT2D eigenvalue weighted by Gasteiger charge is 2.33. The van der Waals surface area contributed by atoms with Crippen LogP contribution < -0.4 is 16.0 Å². The van der Waals surface area contributed by atoms with Crippen LogP contribution >= 0.6 is 0 Å². The van der Waals surface area contributed by atoms with Crippen LogP contribution in [0, 0.1) is 6.92 Å². The molecule has 36 heavy (non-hydrogen) atoms. The van der Waals surface area contributed by atoms with E-state index in [0.29, 0.717) is 39.1 Å². The Morgan fingerprint density at radius 3 is 2.42 bits per heavy atom. The molecule has 2 atom stereocenters. The number of carbonyl (C=O) groups is 5. The molecular weight excluding hydrogens is 464 g/mol. The van der Waals surface area contributed by atoms with Gasteiger partial charge in [0.05, 0.1) is 0 Å². The van der Waals surface area contributed by atoms with Crippen molar-refractivity contribution >= 4 is 35.2 Å². The van der Waals surface area contributed by atoms with Gasteiger partial charge >= 0.3 is 0 Å². The first kappa shape index (κ1) is 28.5. The number of ketones is 1. The number of nitrogens with one attached hydrogen (secondary N) is 1. The lowest BCUT2D eigenvalue weighted by Crippen LogP contribution is -2.57. The molecule has 1 aromatic rings. The quantitative estimate of drug-likeness (QED) is 0.307. The van der Waals surface area contributed by atoms with Gasteiger partial charge in [-0.2, -0.15) is 0 Å². The molecular formula is C25H36N6O5. The molecule has 0 aromatic carbocycles. The second-order valence-electron chi connectivity index (χ2n) is 8.74. The average molecular weight is 501 g/mol. The molecule has 3 N–H and O–H groups in total. The molecule has 1 aliphatic heterocycles. The fraction of sp³-hybridized carbons (Fsp3) is 0.520. The molecule has 11 heteroatoms. The fourth-order valence-electron chi connectivity index (χ4n) is 4.19. The number of carbonyl (C=O) groups excluding carboxylic acids is 5. The number of hydrogen-bond acceptors (Lipinski definition) is 7. The standard InChI is InChI=1S/C25H36N6O5/c1-5-12-31(18(4)32)20(6-2)24(35)28-19(9-10-21(33)22(26)34)25(36)30-15-13-29(14-16-30)23-17(3)8-7-11-27-23/h6-8,11,19-20H,2,5,9-10,12-16H2,1,3-4H3,(H2,26,34)(H,28,35)/t19-,20-/m0/s1. The van der Waals surface area contributed by atoms with Gasteiger partial charge in [0, 0.05) is 52.3 Å². The number of nitrogens with zero attached hydrogens (tertiary/aromatic N) is 4. The van der Waals surface area contributed by atoms with E-state index in [1.54, 1.807) is 11.1 Å². The minimum Gasteiger partial charge on any atom is -0.363 e. The van der Waals surface area contributed by atoms with Gasteiger partial charge in [-0.25, -0.2) is 4.98 Å². The molecule has 196 valence electrons. The largest absolute Gasteiger partial charge is 0.363 e. The lowest BCUT2D eigenvalue weighted by atomic mass is 10.1. The predicted molar refractivity (Wildman–Crippen MR) is 135 cm³/mol. The SMILES string of the molecule is C=C[C@@H](C(=O)N[C@@H](CCC(=O)C(N)=O)C(=O)N1CCN(c2ncccc2C)CC1)N(CCC)C(C)=O. The lowest BCUT2D eigenvalue weighted by molar-refractivity contribution is -0.141. The van der Waals surface area contributed by atoms with Crippen molar-refractivity contribution in [3.8, 4) is 0 Å². The van der Waals surface area contributed by atoms with Crippen molar-refractivity contribution in [3.05, 3.63) is 36.5 Å². The van der Waals surface area contributed by atoms with Crippen LogP contribution in [0.5, 0.6) is 0 Å². The molecule has 1 aromatic heterocycles. The molecule has 0 bridgehead atoms. The van der Waals surface area contributed by atoms with E-state index in [1.807, 2.05) is 26.0 Å². The number of hydrogen-bond donors (Lipinski definition) is 2. The van der Waals surface area contributed by atoms with Crippen molar-refractivity contribution in [2.24, 2.45) is 5.73 Å². The second kappa shape index (κ2) is 13.4. The number of piperazine rings is 1. The summed E-state index contributed by atoms with van der Waals surface area (Å²) in [5.41, 5.74) is 6.09. The molecule has 11 nitrogen and oxygen atoms in total. The van der Waals surface area contributed by atoms with E-state index in [-0.39, 0.29) is 24.7 Å². The summed E-state index contributed by atoms with van der Waals surface area (Å²) < 4.78 is 0. The van der Waals surface area contributed by atoms with E-state index >= 15 is 0 Å². The molecule has 0 spiro atoms. The van der Waals surface area contributed by atoms with Crippen molar-refractivity contribution in [2.75, 3.05) is 37.6 Å². The molecule has 0 aliphatic carbocycles. The minimum atomic E-state index is -1.10. The maximum Gasteiger partial charge on any atom is 0.284 e. The summed E-state index contributed by atoms with van der Waals surface area (Å²) in [6.07, 6.45) is 3.32. The Balaban J connectivity index is 2.16. The molecule has 0 unspecified atom stereocenters. The van der Waals surface area contributed by atoms with Gasteiger partial charge in [0.2, 0.25) is 23.5 Å². The van der Waals surface area contributed by atoms with E-state index in [1.165, 1.54) is 17.9 Å². The van der Waals surface area contributed by atoms with Gasteiger partial charge in [0.1, 0.15) is 17.9 Å². The first-order valence-electron chi connectivity index (χ1n) is 12.1. The van der Waals surface area contributed by atoms with E-state index < -0.39 is 29.7 Å². The van der Waals surface area contributed by atoms with Crippen LogP contribution in [0.3, 0.4) is 0 Å². The Kier molecular flexibility index (Phi) is 10.6. The highest BCUT2D eigenvalue weighted by molar-refractivity contribution is 6.35. The number of anilines is 1. The van der Waals surface area contributed by atoms with Crippen LogP contribution in [-0.2, 0) is 24.0 Å². The molecule has 0 radical (unpaired) electrons. The van der Waals surface area contributed by atoms with Crippen molar-refractivity contribution in [1.82, 2.24) is 20.1 Å². The molecule has 4 amide bonds. The maximum absolute atomic E-state index is 13.4. The zero-order valence-corrected chi connectivity index (χ0v) is 21.2. The van der Waals surface area contributed by atoms with Crippen molar-refractivity contribution < 1.29 is 24.0 Å². The highest BCUT2D eigenvalue weighted by Crippen LogP contribution is 2.18. The van der Waals surface area contributed by atoms with Crippen LogP contribution in [0.1, 0.15) is 38.7 Å². The van der Waals surface area contributed by atoms with Crippen LogP contribution in [-0.4, -0.2) is 89.0 Å². The van der Waals surface area contributed by atoms with Crippen molar-refractivity contribution in [2.45, 2.75) is 52.1 Å². The molecule has 2 rings (SSSR count). The summed E-state index contributed by atoms with van der Waals surface area (Å²) in [5, 5.41) is 2.68. The second-order valence-corrected chi connectivity index (χ2v) is 8.74. The number of amides is 4. The van der Waals surface area contributed by atoms with Crippen molar-refractivity contribution in [3.63, 3.8) is 0 Å². The number of primary amides is 1. The zero-order valence-electron chi connectivity index (χ0n) is 21.2. The minimum absolute atomic E-state index is 0.0936. The van der Waals surface area contributed by atoms with Gasteiger partial charge in [0.25, 0.3) is 5.91 Å². The van der Waals surface area contributed by atoms with Crippen LogP contribution in [0.15, 0.2) is 31.0 Å². The Hall–Kier alpha value is -3.76. The zero-order chi connectivity index (χ0) is 26.8. The number of aryl methyl sites for hydroxylation is 1. The number of aromatic nitrogens is 1. The number of Topliss-reactive ketones (excluding diaryl/α,β-unsaturated/α-hetero) is 1. The third-order valence-corrected chi connectivity index (χ3v) is 6.12. The Morgan fingerprint density at radius 2 is 1.89 bits per heavy atom. The molecule has 1 saturated heterocycles. The average Bonchev–Trinajstić information content (AvgIpc) is 2.86. The third-order valence-electron chi connectivity index (χ3n) is 6.12. The van der Waals surface area contributed by atoms with Gasteiger partial charge in [-0.3, -0.25) is 24.0 Å². The number of rotatable bonds is 12. The Labute approximate surface area is 211 Å². The molecule has 1 aliphatic rings. The third kappa shape index (κ3) is 7.37. The predicted octanol–water partition coefficient (Wildman–Crippen LogP) is 0.171. The summed E-state index contributed by atoms with van der Waals surface area (Å²) in [6, 6.07) is 1.79. The topological polar surface area (TPSA) is 146 Å². The molecule has 1 fully saturated rings. The van der Waals surface area contributed by atoms with E-state index in [4.69, 9.17) is 5.73 Å². The summed E-state index contributed by atoms with van der Waals surface area (Å²) in [4.78, 5) is 71.2. The Bertz CT molecular complexity index is 989. The van der Waals surface area contributed by atoms with Gasteiger partial charge in [0.15, 0.2) is 0 Å². The van der Waals surface area contributed by atoms with Gasteiger partial charge in [-0.1, -0.05) is 19.1 Å². The van der Waals surface area contributed by atoms with E-state index in [2.05, 4.69) is 21.8 Å². The molecule has 0 saturated carbocycles. The smallest absolute Gasteiger partial charge is 0.284 e. The number of pyridine rings is 1. The first-order chi connectivity index (χ1) is 17.1. The fourth-order valence-corrected chi connectivity index (χ4v) is 4.19. The van der Waals surface area contributed by atoms with Crippen LogP contribution in [0.2, 0.25) is 0 Å². The first-order valence-corrected chi connectivity index (χ1v) is 12.1. The normalized spacial score (nSPS) is 15.0. The van der Waals surface area contributed by atoms with Gasteiger partial charge in [-0.15, -0.1) is 6.58 Å². The highest BCUT2D eigenvalue weighted by atomic mass is 16.2. The number of nitrogens with two attached hydrogens (primary N) is 1. The van der Waals surface area contributed by atoms with Gasteiger partial charge < -0.3 is 25.8 Å². The Morgan fingerprint density at radius 1 is 1.22 bits per heavy atom. The van der Waals surface area contributed by atoms with E-state index in [9.17, 15) is 24.0 Å². The summed E-state index contributed by atoms with van der Waals surface area (Å²) >= 11 is 0. The van der Waals surface area contributed by atoms with Crippen LogP contribution in [0.25, 0.3) is 0 Å². The summed E-state index contributed by atoms with van der Waals surface area (Å²) in [6.45, 7) is 11.1. The summed E-state index contributed by atoms with van der Waals surface area (Å²) in [7, 11) is 0. The lowest BCUT2D eigenvalue weighted by Gasteiger charge is -2.38. The van der Waals surface area contributed by atoms with E-state index in [0.717, 1.165) is 11.4 Å². The van der Waals surface area contributed by atoms with Crippen molar-refractivity contribution in [1.29, 1.82) is 0 Å². The van der Waals surface area contributed by atoms with Gasteiger partial charge in [-0.05, 0) is 31.4 Å². The monoisotopic (exact) mass is 500 g/mol. The van der Waals surface area contributed by atoms with Crippen LogP contribution in [0.4, 0.5) is 5.82 Å². The summed E-state index contributed by atoms with van der Waals surface area (Å²) in [5.74, 6) is -2.32.